The first-order chi connectivity index (χ1) is 19.7. The fourth-order valence-corrected chi connectivity index (χ4v) is 5.20. The first-order valence-corrected chi connectivity index (χ1v) is 15.0. The number of nitrogens with zero attached hydrogens (tertiary/aromatic N) is 1. The van der Waals surface area contributed by atoms with Gasteiger partial charge in [0.2, 0.25) is 17.7 Å². The Balaban J connectivity index is 1.93. The van der Waals surface area contributed by atoms with E-state index in [-0.39, 0.29) is 29.6 Å². The lowest BCUT2D eigenvalue weighted by Gasteiger charge is -2.34. The summed E-state index contributed by atoms with van der Waals surface area (Å²) in [6.07, 6.45) is 3.13. The molecule has 0 aliphatic carbocycles. The quantitative estimate of drug-likeness (QED) is 0.497. The number of fused-ring (bicyclic) bond motifs is 1. The van der Waals surface area contributed by atoms with Gasteiger partial charge < -0.3 is 25.6 Å². The van der Waals surface area contributed by atoms with Crippen molar-refractivity contribution in [1.82, 2.24) is 20.9 Å². The number of carbonyl (C=O) groups is 3. The highest BCUT2D eigenvalue weighted by atomic mass is 16.5. The molecular formula is C33H48N4O4. The number of carbonyl (C=O) groups excluding carboxylic acids is 3. The molecule has 4 atom stereocenters. The standard InChI is InChI=1S/C33H48N4O4/c1-6-24(4)30-33(40)37(5)28(21-23(2)3)32(39)36-27(22-25-13-8-7-9-14-25)31(38)35-18-12-16-26-15-10-11-17-29(26)41-20-19-34-30/h7-11,13-15,17,23-24,27-28,30,34H,6,12,16,18-22H2,1-5H3,(H,35,38)(H,36,39)/t24-,27+,28-,30-/m0/s1. The van der Waals surface area contributed by atoms with Crippen LogP contribution < -0.4 is 20.7 Å². The van der Waals surface area contributed by atoms with Crippen LogP contribution in [0.15, 0.2) is 54.6 Å². The highest BCUT2D eigenvalue weighted by Gasteiger charge is 2.35. The van der Waals surface area contributed by atoms with Crippen molar-refractivity contribution in [3.8, 4) is 5.75 Å². The number of likely N-dealkylation sites (N-methyl/N-ethyl adjacent to an activating group) is 1. The Morgan fingerprint density at radius 2 is 1.66 bits per heavy atom. The lowest BCUT2D eigenvalue weighted by Crippen LogP contribution is -2.58. The molecule has 2 aromatic carbocycles. The van der Waals surface area contributed by atoms with E-state index in [1.807, 2.05) is 75.4 Å². The molecule has 8 heteroatoms. The van der Waals surface area contributed by atoms with Crippen molar-refractivity contribution in [3.05, 3.63) is 65.7 Å². The van der Waals surface area contributed by atoms with Crippen LogP contribution in [0.5, 0.6) is 5.75 Å². The van der Waals surface area contributed by atoms with Crippen molar-refractivity contribution in [1.29, 1.82) is 0 Å². The van der Waals surface area contributed by atoms with Gasteiger partial charge in [0.1, 0.15) is 24.4 Å². The number of aryl methyl sites for hydroxylation is 1. The summed E-state index contributed by atoms with van der Waals surface area (Å²) in [6, 6.07) is 15.7. The smallest absolute Gasteiger partial charge is 0.243 e. The predicted molar refractivity (Wildman–Crippen MR) is 163 cm³/mol. The molecule has 41 heavy (non-hydrogen) atoms. The summed E-state index contributed by atoms with van der Waals surface area (Å²) in [5, 5.41) is 9.45. The third kappa shape index (κ3) is 9.59. The van der Waals surface area contributed by atoms with E-state index in [1.165, 1.54) is 0 Å². The van der Waals surface area contributed by atoms with E-state index in [9.17, 15) is 14.4 Å². The van der Waals surface area contributed by atoms with Gasteiger partial charge >= 0.3 is 0 Å². The Hall–Kier alpha value is -3.39. The first-order valence-electron chi connectivity index (χ1n) is 15.0. The summed E-state index contributed by atoms with van der Waals surface area (Å²) in [6.45, 7) is 9.55. The zero-order chi connectivity index (χ0) is 29.8. The van der Waals surface area contributed by atoms with E-state index < -0.39 is 18.1 Å². The van der Waals surface area contributed by atoms with E-state index in [0.717, 1.165) is 36.1 Å². The minimum Gasteiger partial charge on any atom is -0.492 e. The van der Waals surface area contributed by atoms with Gasteiger partial charge in [-0.2, -0.15) is 0 Å². The van der Waals surface area contributed by atoms with Crippen LogP contribution in [0.2, 0.25) is 0 Å². The summed E-state index contributed by atoms with van der Waals surface area (Å²) >= 11 is 0. The third-order valence-corrected chi connectivity index (χ3v) is 7.83. The second-order valence-electron chi connectivity index (χ2n) is 11.5. The number of benzene rings is 2. The Labute approximate surface area is 245 Å². The van der Waals surface area contributed by atoms with E-state index in [1.54, 1.807) is 11.9 Å². The minimum atomic E-state index is -0.763. The van der Waals surface area contributed by atoms with Gasteiger partial charge in [0.05, 0.1) is 6.04 Å². The van der Waals surface area contributed by atoms with Crippen LogP contribution in [0, 0.1) is 11.8 Å². The maximum Gasteiger partial charge on any atom is 0.243 e. The van der Waals surface area contributed by atoms with Crippen molar-refractivity contribution < 1.29 is 19.1 Å². The largest absolute Gasteiger partial charge is 0.492 e. The van der Waals surface area contributed by atoms with Gasteiger partial charge in [-0.15, -0.1) is 0 Å². The van der Waals surface area contributed by atoms with Crippen molar-refractivity contribution in [3.63, 3.8) is 0 Å². The molecule has 1 heterocycles. The number of para-hydroxylation sites is 1. The maximum absolute atomic E-state index is 13.9. The molecule has 0 radical (unpaired) electrons. The number of nitrogens with one attached hydrogen (secondary N) is 3. The Morgan fingerprint density at radius 1 is 0.951 bits per heavy atom. The average Bonchev–Trinajstić information content (AvgIpc) is 2.97. The van der Waals surface area contributed by atoms with E-state index in [2.05, 4.69) is 22.9 Å². The summed E-state index contributed by atoms with van der Waals surface area (Å²) in [5.74, 6) is 0.365. The van der Waals surface area contributed by atoms with Crippen molar-refractivity contribution in [2.75, 3.05) is 26.7 Å². The van der Waals surface area contributed by atoms with Gasteiger partial charge in [-0.3, -0.25) is 14.4 Å². The molecule has 0 fully saturated rings. The van der Waals surface area contributed by atoms with Crippen LogP contribution in [0.3, 0.4) is 0 Å². The number of ether oxygens (including phenoxy) is 1. The normalized spacial score (nSPS) is 22.5. The summed E-state index contributed by atoms with van der Waals surface area (Å²) in [7, 11) is 1.70. The molecule has 224 valence electrons. The van der Waals surface area contributed by atoms with Gasteiger partial charge in [0.25, 0.3) is 0 Å². The molecule has 3 rings (SSSR count). The number of hydrogen-bond acceptors (Lipinski definition) is 5. The predicted octanol–water partition coefficient (Wildman–Crippen LogP) is 3.73. The lowest BCUT2D eigenvalue weighted by atomic mass is 9.95. The van der Waals surface area contributed by atoms with E-state index in [4.69, 9.17) is 4.74 Å². The highest BCUT2D eigenvalue weighted by Crippen LogP contribution is 2.20. The molecule has 1 aliphatic heterocycles. The molecule has 0 saturated heterocycles. The summed E-state index contributed by atoms with van der Waals surface area (Å²) in [5.41, 5.74) is 2.02. The Kier molecular flexibility index (Phi) is 12.7. The zero-order valence-electron chi connectivity index (χ0n) is 25.3. The fraction of sp³-hybridized carbons (Fsp3) is 0.545. The second kappa shape index (κ2) is 16.2. The summed E-state index contributed by atoms with van der Waals surface area (Å²) < 4.78 is 6.11. The average molecular weight is 565 g/mol. The molecule has 3 N–H and O–H groups in total. The van der Waals surface area contributed by atoms with Crippen LogP contribution in [-0.2, 0) is 27.2 Å². The first kappa shape index (κ1) is 32.1. The fourth-order valence-electron chi connectivity index (χ4n) is 5.20. The minimum absolute atomic E-state index is 0.0576. The molecule has 8 nitrogen and oxygen atoms in total. The van der Waals surface area contributed by atoms with Crippen LogP contribution in [0.1, 0.15) is 58.1 Å². The molecular weight excluding hydrogens is 516 g/mol. The maximum atomic E-state index is 13.9. The molecule has 0 aromatic heterocycles. The third-order valence-electron chi connectivity index (χ3n) is 7.83. The molecule has 0 spiro atoms. The van der Waals surface area contributed by atoms with Gasteiger partial charge in [-0.25, -0.2) is 0 Å². The van der Waals surface area contributed by atoms with E-state index in [0.29, 0.717) is 32.5 Å². The Morgan fingerprint density at radius 3 is 2.37 bits per heavy atom. The second-order valence-corrected chi connectivity index (χ2v) is 11.5. The van der Waals surface area contributed by atoms with Crippen molar-refractivity contribution in [2.24, 2.45) is 11.8 Å². The zero-order valence-corrected chi connectivity index (χ0v) is 25.3. The van der Waals surface area contributed by atoms with Crippen LogP contribution in [0.25, 0.3) is 0 Å². The van der Waals surface area contributed by atoms with Crippen LogP contribution in [0.4, 0.5) is 0 Å². The number of rotatable bonds is 6. The van der Waals surface area contributed by atoms with Crippen LogP contribution in [-0.4, -0.2) is 67.5 Å². The molecule has 2 aromatic rings. The molecule has 0 bridgehead atoms. The van der Waals surface area contributed by atoms with Gasteiger partial charge in [-0.1, -0.05) is 82.6 Å². The monoisotopic (exact) mass is 564 g/mol. The number of amides is 3. The lowest BCUT2D eigenvalue weighted by molar-refractivity contribution is -0.142. The number of hydrogen-bond donors (Lipinski definition) is 3. The van der Waals surface area contributed by atoms with Crippen molar-refractivity contribution in [2.45, 2.75) is 77.9 Å². The molecule has 0 saturated carbocycles. The molecule has 0 unspecified atom stereocenters. The Bertz CT molecular complexity index is 1120. The van der Waals surface area contributed by atoms with Gasteiger partial charge in [0, 0.05) is 26.6 Å². The van der Waals surface area contributed by atoms with Crippen molar-refractivity contribution >= 4 is 17.7 Å². The highest BCUT2D eigenvalue weighted by molar-refractivity contribution is 5.93. The van der Waals surface area contributed by atoms with E-state index >= 15 is 0 Å². The summed E-state index contributed by atoms with van der Waals surface area (Å²) in [4.78, 5) is 42.7. The molecule has 3 amide bonds. The SMILES string of the molecule is CC[C@H](C)[C@@H]1NCCOc2ccccc2CCCNC(=O)[C@@H](Cc2ccccc2)NC(=O)[C@H](CC(C)C)N(C)C1=O. The van der Waals surface area contributed by atoms with Gasteiger partial charge in [0.15, 0.2) is 0 Å². The topological polar surface area (TPSA) is 99.8 Å². The molecule has 1 aliphatic rings. The van der Waals surface area contributed by atoms with Crippen LogP contribution >= 0.6 is 0 Å². The van der Waals surface area contributed by atoms with Gasteiger partial charge in [-0.05, 0) is 48.3 Å².